The minimum absolute atomic E-state index is 0.0182. The summed E-state index contributed by atoms with van der Waals surface area (Å²) in [5.41, 5.74) is 1.56. The molecule has 2 heterocycles. The van der Waals surface area contributed by atoms with Crippen LogP contribution in [0.2, 0.25) is 0 Å². The van der Waals surface area contributed by atoms with Gasteiger partial charge >= 0.3 is 0 Å². The first-order chi connectivity index (χ1) is 12.9. The number of carbonyl (C=O) groups excluding carboxylic acids is 1. The SMILES string of the molecule is Cc1ccc(CN(C(=O)CCn2cnc3c(C)cccc3c2=O)C(C)C)o1. The third-order valence-corrected chi connectivity index (χ3v) is 4.69. The van der Waals surface area contributed by atoms with Gasteiger partial charge in [-0.15, -0.1) is 0 Å². The highest BCUT2D eigenvalue weighted by Crippen LogP contribution is 2.14. The minimum Gasteiger partial charge on any atom is -0.464 e. The van der Waals surface area contributed by atoms with Crippen LogP contribution in [0.5, 0.6) is 0 Å². The maximum atomic E-state index is 12.7. The summed E-state index contributed by atoms with van der Waals surface area (Å²) in [7, 11) is 0. The predicted octanol–water partition coefficient (Wildman–Crippen LogP) is 3.43. The normalized spacial score (nSPS) is 11.3. The Morgan fingerprint density at radius 2 is 2.00 bits per heavy atom. The fourth-order valence-electron chi connectivity index (χ4n) is 3.15. The summed E-state index contributed by atoms with van der Waals surface area (Å²) in [6.45, 7) is 8.48. The van der Waals surface area contributed by atoms with Gasteiger partial charge in [-0.25, -0.2) is 4.98 Å². The highest BCUT2D eigenvalue weighted by molar-refractivity contribution is 5.80. The van der Waals surface area contributed by atoms with Crippen molar-refractivity contribution in [3.8, 4) is 0 Å². The van der Waals surface area contributed by atoms with Gasteiger partial charge in [-0.1, -0.05) is 12.1 Å². The molecule has 0 saturated carbocycles. The first-order valence-electron chi connectivity index (χ1n) is 9.16. The minimum atomic E-state index is -0.116. The van der Waals surface area contributed by atoms with Gasteiger partial charge in [-0.05, 0) is 51.5 Å². The third-order valence-electron chi connectivity index (χ3n) is 4.69. The Kier molecular flexibility index (Phi) is 5.44. The summed E-state index contributed by atoms with van der Waals surface area (Å²) in [4.78, 5) is 31.6. The molecule has 0 fully saturated rings. The van der Waals surface area contributed by atoms with Crippen molar-refractivity contribution < 1.29 is 9.21 Å². The van der Waals surface area contributed by atoms with Crippen molar-refractivity contribution >= 4 is 16.8 Å². The molecule has 2 aromatic heterocycles. The number of aryl methyl sites for hydroxylation is 3. The average molecular weight is 367 g/mol. The van der Waals surface area contributed by atoms with Gasteiger partial charge in [0.1, 0.15) is 11.5 Å². The van der Waals surface area contributed by atoms with E-state index < -0.39 is 0 Å². The molecule has 0 saturated heterocycles. The first kappa shape index (κ1) is 18.9. The number of hydrogen-bond donors (Lipinski definition) is 0. The summed E-state index contributed by atoms with van der Waals surface area (Å²) in [5, 5.41) is 0.580. The molecule has 0 bridgehead atoms. The Morgan fingerprint density at radius 3 is 2.67 bits per heavy atom. The van der Waals surface area contributed by atoms with Gasteiger partial charge in [-0.3, -0.25) is 14.2 Å². The fraction of sp³-hybridized carbons (Fsp3) is 0.381. The molecule has 0 spiro atoms. The molecule has 0 unspecified atom stereocenters. The molecular formula is C21H25N3O3. The fourth-order valence-corrected chi connectivity index (χ4v) is 3.15. The number of rotatable bonds is 6. The summed E-state index contributed by atoms with van der Waals surface area (Å²) >= 11 is 0. The van der Waals surface area contributed by atoms with Crippen LogP contribution in [0.3, 0.4) is 0 Å². The molecule has 6 heteroatoms. The number of fused-ring (bicyclic) bond motifs is 1. The van der Waals surface area contributed by atoms with Crippen molar-refractivity contribution in [1.82, 2.24) is 14.5 Å². The Labute approximate surface area is 158 Å². The zero-order valence-corrected chi connectivity index (χ0v) is 16.2. The van der Waals surface area contributed by atoms with Crippen molar-refractivity contribution in [1.29, 1.82) is 0 Å². The molecule has 27 heavy (non-hydrogen) atoms. The lowest BCUT2D eigenvalue weighted by Gasteiger charge is -2.26. The Morgan fingerprint density at radius 1 is 1.22 bits per heavy atom. The maximum absolute atomic E-state index is 12.7. The highest BCUT2D eigenvalue weighted by atomic mass is 16.3. The first-order valence-corrected chi connectivity index (χ1v) is 9.16. The van der Waals surface area contributed by atoms with Crippen molar-refractivity contribution in [3.63, 3.8) is 0 Å². The largest absolute Gasteiger partial charge is 0.464 e. The molecule has 6 nitrogen and oxygen atoms in total. The van der Waals surface area contributed by atoms with E-state index in [-0.39, 0.29) is 23.9 Å². The van der Waals surface area contributed by atoms with E-state index in [1.807, 2.05) is 52.0 Å². The molecule has 0 aliphatic carbocycles. The number of aromatic nitrogens is 2. The molecule has 1 amide bonds. The number of hydrogen-bond acceptors (Lipinski definition) is 4. The Bertz CT molecular complexity index is 1020. The smallest absolute Gasteiger partial charge is 0.261 e. The summed E-state index contributed by atoms with van der Waals surface area (Å²) < 4.78 is 7.11. The lowest BCUT2D eigenvalue weighted by atomic mass is 10.1. The molecule has 3 aromatic rings. The van der Waals surface area contributed by atoms with Crippen molar-refractivity contribution in [2.24, 2.45) is 0 Å². The topological polar surface area (TPSA) is 68.3 Å². The summed E-state index contributed by atoms with van der Waals surface area (Å²) in [6, 6.07) is 9.37. The molecule has 0 aliphatic rings. The van der Waals surface area contributed by atoms with Crippen LogP contribution < -0.4 is 5.56 Å². The van der Waals surface area contributed by atoms with E-state index in [0.29, 0.717) is 24.0 Å². The molecule has 1 aromatic carbocycles. The van der Waals surface area contributed by atoms with E-state index in [1.165, 1.54) is 10.9 Å². The van der Waals surface area contributed by atoms with Gasteiger partial charge in [0.15, 0.2) is 0 Å². The predicted molar refractivity (Wildman–Crippen MR) is 104 cm³/mol. The number of para-hydroxylation sites is 1. The lowest BCUT2D eigenvalue weighted by molar-refractivity contribution is -0.134. The van der Waals surface area contributed by atoms with Gasteiger partial charge < -0.3 is 9.32 Å². The van der Waals surface area contributed by atoms with Gasteiger partial charge in [0.05, 0.1) is 23.8 Å². The number of nitrogens with zero attached hydrogens (tertiary/aromatic N) is 3. The highest BCUT2D eigenvalue weighted by Gasteiger charge is 2.19. The summed E-state index contributed by atoms with van der Waals surface area (Å²) in [6.07, 6.45) is 1.76. The Hall–Kier alpha value is -2.89. The van der Waals surface area contributed by atoms with E-state index in [4.69, 9.17) is 4.42 Å². The molecule has 3 rings (SSSR count). The van der Waals surface area contributed by atoms with Crippen molar-refractivity contribution in [2.75, 3.05) is 0 Å². The number of furan rings is 1. The van der Waals surface area contributed by atoms with Gasteiger partial charge in [0, 0.05) is 19.0 Å². The van der Waals surface area contributed by atoms with Gasteiger partial charge in [0.2, 0.25) is 5.91 Å². The monoisotopic (exact) mass is 367 g/mol. The van der Waals surface area contributed by atoms with Gasteiger partial charge in [0.25, 0.3) is 5.56 Å². The number of amides is 1. The molecule has 142 valence electrons. The molecule has 0 aliphatic heterocycles. The average Bonchev–Trinajstić information content (AvgIpc) is 3.04. The zero-order chi connectivity index (χ0) is 19.6. The molecular weight excluding hydrogens is 342 g/mol. The quantitative estimate of drug-likeness (QED) is 0.669. The van der Waals surface area contributed by atoms with Crippen LogP contribution in [0.25, 0.3) is 10.9 Å². The van der Waals surface area contributed by atoms with E-state index in [2.05, 4.69) is 4.98 Å². The van der Waals surface area contributed by atoms with E-state index in [1.54, 1.807) is 11.0 Å². The standard InChI is InChI=1S/C21H25N3O3/c1-14(2)24(12-17-9-8-16(4)27-17)19(25)10-11-23-13-22-20-15(3)6-5-7-18(20)21(23)26/h5-9,13-14H,10-12H2,1-4H3. The molecule has 0 radical (unpaired) electrons. The lowest BCUT2D eigenvalue weighted by Crippen LogP contribution is -2.37. The number of carbonyl (C=O) groups is 1. The number of benzene rings is 1. The molecule has 0 atom stereocenters. The maximum Gasteiger partial charge on any atom is 0.261 e. The third kappa shape index (κ3) is 4.10. The zero-order valence-electron chi connectivity index (χ0n) is 16.2. The van der Waals surface area contributed by atoms with Crippen LogP contribution in [0.4, 0.5) is 0 Å². The van der Waals surface area contributed by atoms with E-state index >= 15 is 0 Å². The van der Waals surface area contributed by atoms with Gasteiger partial charge in [-0.2, -0.15) is 0 Å². The second-order valence-corrected chi connectivity index (χ2v) is 7.09. The Balaban J connectivity index is 1.74. The van der Waals surface area contributed by atoms with E-state index in [9.17, 15) is 9.59 Å². The second-order valence-electron chi connectivity index (χ2n) is 7.09. The van der Waals surface area contributed by atoms with Crippen molar-refractivity contribution in [2.45, 2.75) is 53.2 Å². The van der Waals surface area contributed by atoms with Crippen LogP contribution in [0, 0.1) is 13.8 Å². The van der Waals surface area contributed by atoms with Crippen LogP contribution in [-0.2, 0) is 17.9 Å². The van der Waals surface area contributed by atoms with Crippen LogP contribution in [-0.4, -0.2) is 26.4 Å². The van der Waals surface area contributed by atoms with Crippen molar-refractivity contribution in [3.05, 3.63) is 64.1 Å². The summed E-state index contributed by atoms with van der Waals surface area (Å²) in [5.74, 6) is 1.56. The van der Waals surface area contributed by atoms with Crippen LogP contribution in [0.1, 0.15) is 37.4 Å². The van der Waals surface area contributed by atoms with Crippen LogP contribution >= 0.6 is 0 Å². The molecule has 0 N–H and O–H groups in total. The van der Waals surface area contributed by atoms with Crippen LogP contribution in [0.15, 0.2) is 45.9 Å². The second kappa shape index (κ2) is 7.78. The van der Waals surface area contributed by atoms with E-state index in [0.717, 1.165) is 17.1 Å².